The molecule has 35 heavy (non-hydrogen) atoms. The number of Topliss-reactive ketones (excluding diaryl/α,β-unsaturated/α-hetero) is 1. The van der Waals surface area contributed by atoms with Crippen LogP contribution in [0.2, 0.25) is 0 Å². The van der Waals surface area contributed by atoms with E-state index in [1.807, 2.05) is 25.1 Å². The third-order valence-corrected chi connectivity index (χ3v) is 6.18. The number of anilines is 1. The number of aryl methyl sites for hydroxylation is 1. The first kappa shape index (κ1) is 23.0. The predicted octanol–water partition coefficient (Wildman–Crippen LogP) is 2.98. The number of carbonyl (C=O) groups excluding carboxylic acids is 2. The largest absolute Gasteiger partial charge is 0.486 e. The number of nitrogens with zero attached hydrogens (tertiary/aromatic N) is 6. The molecule has 2 aliphatic rings. The molecule has 0 radical (unpaired) electrons. The summed E-state index contributed by atoms with van der Waals surface area (Å²) in [5.41, 5.74) is 0.568. The quantitative estimate of drug-likeness (QED) is 0.514. The van der Waals surface area contributed by atoms with E-state index in [1.54, 1.807) is 26.8 Å². The highest BCUT2D eigenvalue weighted by molar-refractivity contribution is 6.01. The molecule has 1 fully saturated rings. The van der Waals surface area contributed by atoms with Gasteiger partial charge < -0.3 is 18.9 Å². The van der Waals surface area contributed by atoms with Gasteiger partial charge in [0, 0.05) is 32.0 Å². The average Bonchev–Trinajstić information content (AvgIpc) is 3.42. The van der Waals surface area contributed by atoms with Crippen LogP contribution in [0, 0.1) is 6.92 Å². The molecule has 1 aromatic carbocycles. The summed E-state index contributed by atoms with van der Waals surface area (Å²) >= 11 is 0. The van der Waals surface area contributed by atoms with Crippen molar-refractivity contribution in [1.29, 1.82) is 0 Å². The monoisotopic (exact) mass is 480 g/mol. The van der Waals surface area contributed by atoms with E-state index in [1.165, 1.54) is 0 Å². The van der Waals surface area contributed by atoms with Gasteiger partial charge in [-0.3, -0.25) is 4.79 Å². The lowest BCUT2D eigenvalue weighted by Crippen LogP contribution is -2.51. The second-order valence-corrected chi connectivity index (χ2v) is 10.1. The van der Waals surface area contributed by atoms with E-state index in [0.717, 1.165) is 10.4 Å². The molecule has 0 amide bonds. The van der Waals surface area contributed by atoms with Crippen molar-refractivity contribution in [2.75, 3.05) is 18.0 Å². The van der Waals surface area contributed by atoms with Gasteiger partial charge in [0.05, 0.1) is 12.0 Å². The van der Waals surface area contributed by atoms with Crippen LogP contribution in [0.3, 0.4) is 0 Å². The number of esters is 1. The van der Waals surface area contributed by atoms with Crippen molar-refractivity contribution < 1.29 is 23.6 Å². The van der Waals surface area contributed by atoms with Crippen LogP contribution in [0.5, 0.6) is 5.75 Å². The van der Waals surface area contributed by atoms with Gasteiger partial charge in [-0.1, -0.05) is 17.3 Å². The van der Waals surface area contributed by atoms with Gasteiger partial charge in [-0.2, -0.15) is 4.80 Å². The predicted molar refractivity (Wildman–Crippen MR) is 124 cm³/mol. The van der Waals surface area contributed by atoms with Gasteiger partial charge in [-0.05, 0) is 44.5 Å². The van der Waals surface area contributed by atoms with Crippen LogP contribution in [-0.2, 0) is 16.1 Å². The molecule has 0 bridgehead atoms. The number of fused-ring (bicyclic) bond motifs is 1. The van der Waals surface area contributed by atoms with E-state index in [-0.39, 0.29) is 18.2 Å². The maximum absolute atomic E-state index is 12.9. The molecule has 0 N–H and O–H groups in total. The van der Waals surface area contributed by atoms with Gasteiger partial charge in [-0.15, -0.1) is 10.2 Å². The second-order valence-electron chi connectivity index (χ2n) is 10.1. The number of hydrogen-bond acceptors (Lipinski definition) is 10. The Bertz CT molecular complexity index is 1270. The Morgan fingerprint density at radius 1 is 1.23 bits per heavy atom. The SMILES string of the molecule is Cc1cccc2c1C(=O)CC1(CCN(c3cc(-c4nnn(CC(=O)OC(C)(C)C)n4)on3)CC1)O2. The fraction of sp³-hybridized carbons (Fsp3) is 0.500. The van der Waals surface area contributed by atoms with Crippen molar-refractivity contribution >= 4 is 17.6 Å². The Balaban J connectivity index is 1.22. The summed E-state index contributed by atoms with van der Waals surface area (Å²) in [6.45, 7) is 8.50. The third-order valence-electron chi connectivity index (χ3n) is 6.18. The first-order valence-electron chi connectivity index (χ1n) is 11.6. The molecule has 1 saturated heterocycles. The molecule has 0 aliphatic carbocycles. The normalized spacial score (nSPS) is 17.3. The van der Waals surface area contributed by atoms with Crippen molar-refractivity contribution in [3.05, 3.63) is 35.4 Å². The zero-order valence-electron chi connectivity index (χ0n) is 20.3. The van der Waals surface area contributed by atoms with Gasteiger partial charge >= 0.3 is 5.97 Å². The zero-order valence-corrected chi connectivity index (χ0v) is 20.3. The highest BCUT2D eigenvalue weighted by Gasteiger charge is 2.43. The number of ketones is 1. The van der Waals surface area contributed by atoms with Gasteiger partial charge in [0.25, 0.3) is 0 Å². The highest BCUT2D eigenvalue weighted by atomic mass is 16.6. The summed E-state index contributed by atoms with van der Waals surface area (Å²) in [5, 5.41) is 16.2. The molecule has 0 unspecified atom stereocenters. The minimum atomic E-state index is -0.592. The van der Waals surface area contributed by atoms with Crippen LogP contribution in [-0.4, -0.2) is 61.4 Å². The lowest BCUT2D eigenvalue weighted by molar-refractivity contribution is -0.156. The fourth-order valence-corrected chi connectivity index (χ4v) is 4.57. The molecule has 11 nitrogen and oxygen atoms in total. The maximum Gasteiger partial charge on any atom is 0.330 e. The smallest absolute Gasteiger partial charge is 0.330 e. The van der Waals surface area contributed by atoms with Crippen LogP contribution in [0.4, 0.5) is 5.82 Å². The first-order valence-corrected chi connectivity index (χ1v) is 11.6. The molecule has 3 aromatic rings. The van der Waals surface area contributed by atoms with Crippen LogP contribution in [0.1, 0.15) is 56.0 Å². The first-order chi connectivity index (χ1) is 16.6. The van der Waals surface area contributed by atoms with Crippen molar-refractivity contribution in [2.45, 2.75) is 64.7 Å². The summed E-state index contributed by atoms with van der Waals surface area (Å²) in [6, 6.07) is 7.48. The number of benzene rings is 1. The number of rotatable bonds is 4. The number of hydrogen-bond donors (Lipinski definition) is 0. The van der Waals surface area contributed by atoms with E-state index in [4.69, 9.17) is 14.0 Å². The molecule has 5 rings (SSSR count). The minimum Gasteiger partial charge on any atom is -0.486 e. The van der Waals surface area contributed by atoms with E-state index in [9.17, 15) is 9.59 Å². The minimum absolute atomic E-state index is 0.141. The molecular formula is C24H28N6O5. The Morgan fingerprint density at radius 2 is 2.00 bits per heavy atom. The lowest BCUT2D eigenvalue weighted by atomic mass is 9.81. The fourth-order valence-electron chi connectivity index (χ4n) is 4.57. The number of ether oxygens (including phenoxy) is 2. The van der Waals surface area contributed by atoms with Crippen LogP contribution in [0.15, 0.2) is 28.8 Å². The van der Waals surface area contributed by atoms with Gasteiger partial charge in [-0.25, -0.2) is 4.79 Å². The molecule has 2 aliphatic heterocycles. The summed E-state index contributed by atoms with van der Waals surface area (Å²) in [5.74, 6) is 1.60. The molecule has 0 atom stereocenters. The van der Waals surface area contributed by atoms with E-state index < -0.39 is 17.2 Å². The number of tetrazole rings is 1. The molecular weight excluding hydrogens is 452 g/mol. The maximum atomic E-state index is 12.9. The van der Waals surface area contributed by atoms with Crippen molar-refractivity contribution in [3.63, 3.8) is 0 Å². The molecule has 184 valence electrons. The molecule has 1 spiro atoms. The van der Waals surface area contributed by atoms with E-state index in [2.05, 4.69) is 25.5 Å². The van der Waals surface area contributed by atoms with Gasteiger partial charge in [0.1, 0.15) is 17.0 Å². The van der Waals surface area contributed by atoms with Crippen molar-refractivity contribution in [2.24, 2.45) is 0 Å². The van der Waals surface area contributed by atoms with Gasteiger partial charge in [0.15, 0.2) is 18.1 Å². The van der Waals surface area contributed by atoms with E-state index in [0.29, 0.717) is 55.2 Å². The Kier molecular flexibility index (Phi) is 5.57. The molecule has 11 heteroatoms. The molecule has 2 aromatic heterocycles. The average molecular weight is 481 g/mol. The van der Waals surface area contributed by atoms with Crippen molar-refractivity contribution in [3.8, 4) is 17.3 Å². The van der Waals surface area contributed by atoms with Gasteiger partial charge in [0.2, 0.25) is 11.6 Å². The molecule has 0 saturated carbocycles. The number of piperidine rings is 1. The van der Waals surface area contributed by atoms with Crippen LogP contribution < -0.4 is 9.64 Å². The number of carbonyl (C=O) groups is 2. The summed E-state index contributed by atoms with van der Waals surface area (Å²) < 4.78 is 17.1. The standard InChI is InChI=1S/C24H28N6O5/c1-15-6-5-7-17-21(15)16(31)13-24(33-17)8-10-29(11-9-24)19-12-18(35-27-19)22-25-28-30(26-22)14-20(32)34-23(2,3)4/h5-7,12H,8-11,13-14H2,1-4H3. The topological polar surface area (TPSA) is 125 Å². The zero-order chi connectivity index (χ0) is 24.8. The Morgan fingerprint density at radius 3 is 2.74 bits per heavy atom. The third kappa shape index (κ3) is 4.75. The Hall–Kier alpha value is -3.76. The Labute approximate surface area is 202 Å². The molecule has 4 heterocycles. The number of aromatic nitrogens is 5. The van der Waals surface area contributed by atoms with Crippen LogP contribution >= 0.6 is 0 Å². The lowest BCUT2D eigenvalue weighted by Gasteiger charge is -2.44. The highest BCUT2D eigenvalue weighted by Crippen LogP contribution is 2.41. The van der Waals surface area contributed by atoms with Crippen molar-refractivity contribution in [1.82, 2.24) is 25.4 Å². The summed E-state index contributed by atoms with van der Waals surface area (Å²) in [6.07, 6.45) is 1.77. The summed E-state index contributed by atoms with van der Waals surface area (Å²) in [7, 11) is 0. The van der Waals surface area contributed by atoms with E-state index >= 15 is 0 Å². The summed E-state index contributed by atoms with van der Waals surface area (Å²) in [4.78, 5) is 28.1. The second kappa shape index (κ2) is 8.47. The van der Waals surface area contributed by atoms with Crippen LogP contribution in [0.25, 0.3) is 11.6 Å².